The average molecular weight is 277 g/mol. The summed E-state index contributed by atoms with van der Waals surface area (Å²) in [6.45, 7) is 0. The van der Waals surface area contributed by atoms with E-state index in [4.69, 9.17) is 15.6 Å². The fraction of sp³-hybridized carbons (Fsp3) is 0.0769. The van der Waals surface area contributed by atoms with E-state index in [0.29, 0.717) is 5.75 Å². The fourth-order valence-electron chi connectivity index (χ4n) is 1.61. The molecule has 0 fully saturated rings. The van der Waals surface area contributed by atoms with Gasteiger partial charge in [0.15, 0.2) is 5.82 Å². The summed E-state index contributed by atoms with van der Waals surface area (Å²) in [5.74, 6) is -1.20. The molecule has 2 aromatic rings. The first-order valence-corrected chi connectivity index (χ1v) is 5.61. The molecular formula is C13H12FN3O3. The summed E-state index contributed by atoms with van der Waals surface area (Å²) in [6, 6.07) is 5.37. The number of hydrogen-bond acceptors (Lipinski definition) is 5. The van der Waals surface area contributed by atoms with Gasteiger partial charge in [-0.25, -0.2) is 14.2 Å². The minimum Gasteiger partial charge on any atom is -0.497 e. The third-order valence-electron chi connectivity index (χ3n) is 2.65. The summed E-state index contributed by atoms with van der Waals surface area (Å²) in [4.78, 5) is 14.9. The predicted octanol–water partition coefficient (Wildman–Crippen LogP) is 2.25. The maximum atomic E-state index is 13.7. The Morgan fingerprint density at radius 3 is 2.85 bits per heavy atom. The van der Waals surface area contributed by atoms with Gasteiger partial charge in [-0.3, -0.25) is 0 Å². The third kappa shape index (κ3) is 2.61. The van der Waals surface area contributed by atoms with E-state index < -0.39 is 11.8 Å². The van der Waals surface area contributed by atoms with Crippen molar-refractivity contribution in [1.82, 2.24) is 4.98 Å². The molecule has 104 valence electrons. The highest BCUT2D eigenvalue weighted by Gasteiger charge is 2.14. The Hall–Kier alpha value is -2.83. The molecule has 1 heterocycles. The van der Waals surface area contributed by atoms with E-state index in [-0.39, 0.29) is 22.8 Å². The van der Waals surface area contributed by atoms with Crippen molar-refractivity contribution in [3.8, 4) is 5.75 Å². The van der Waals surface area contributed by atoms with Crippen molar-refractivity contribution in [2.45, 2.75) is 0 Å². The van der Waals surface area contributed by atoms with Crippen LogP contribution >= 0.6 is 0 Å². The Bertz CT molecular complexity index is 661. The molecule has 6 nitrogen and oxygen atoms in total. The number of benzene rings is 1. The molecule has 1 aromatic heterocycles. The number of nitrogens with one attached hydrogen (secondary N) is 1. The van der Waals surface area contributed by atoms with Gasteiger partial charge in [-0.05, 0) is 18.2 Å². The highest BCUT2D eigenvalue weighted by molar-refractivity contribution is 5.96. The summed E-state index contributed by atoms with van der Waals surface area (Å²) in [7, 11) is 1.45. The largest absolute Gasteiger partial charge is 0.497 e. The number of aromatic nitrogens is 1. The van der Waals surface area contributed by atoms with Gasteiger partial charge in [0, 0.05) is 12.3 Å². The Labute approximate surface area is 114 Å². The molecule has 0 radical (unpaired) electrons. The van der Waals surface area contributed by atoms with Crippen LogP contribution in [0.15, 0.2) is 30.5 Å². The van der Waals surface area contributed by atoms with Gasteiger partial charge in [0.1, 0.15) is 11.6 Å². The highest BCUT2D eigenvalue weighted by atomic mass is 19.1. The van der Waals surface area contributed by atoms with E-state index in [1.807, 2.05) is 0 Å². The first kappa shape index (κ1) is 13.6. The zero-order valence-electron chi connectivity index (χ0n) is 10.6. The molecular weight excluding hydrogens is 265 g/mol. The Morgan fingerprint density at radius 1 is 1.45 bits per heavy atom. The van der Waals surface area contributed by atoms with Crippen molar-refractivity contribution in [3.05, 3.63) is 41.8 Å². The van der Waals surface area contributed by atoms with Crippen LogP contribution in [0.5, 0.6) is 5.75 Å². The molecule has 0 aliphatic carbocycles. The Balaban J connectivity index is 2.40. The highest BCUT2D eigenvalue weighted by Crippen LogP contribution is 2.27. The zero-order valence-corrected chi connectivity index (χ0v) is 10.6. The lowest BCUT2D eigenvalue weighted by atomic mass is 10.2. The number of hydrogen-bond donors (Lipinski definition) is 3. The quantitative estimate of drug-likeness (QED) is 0.793. The maximum absolute atomic E-state index is 13.7. The van der Waals surface area contributed by atoms with Gasteiger partial charge in [-0.2, -0.15) is 0 Å². The molecule has 20 heavy (non-hydrogen) atoms. The van der Waals surface area contributed by atoms with Gasteiger partial charge >= 0.3 is 5.97 Å². The van der Waals surface area contributed by atoms with Gasteiger partial charge in [0.25, 0.3) is 0 Å². The summed E-state index contributed by atoms with van der Waals surface area (Å²) in [5.41, 5.74) is 5.61. The lowest BCUT2D eigenvalue weighted by Gasteiger charge is -2.11. The van der Waals surface area contributed by atoms with Crippen LogP contribution in [0.4, 0.5) is 21.6 Å². The number of ether oxygens (including phenoxy) is 1. The van der Waals surface area contributed by atoms with Crippen molar-refractivity contribution in [1.29, 1.82) is 0 Å². The van der Waals surface area contributed by atoms with E-state index in [1.54, 1.807) is 0 Å². The number of rotatable bonds is 4. The molecule has 0 spiro atoms. The van der Waals surface area contributed by atoms with Crippen LogP contribution in [0, 0.1) is 5.82 Å². The number of pyridine rings is 1. The van der Waals surface area contributed by atoms with Crippen molar-refractivity contribution in [2.24, 2.45) is 0 Å². The molecule has 0 aliphatic rings. The molecule has 4 N–H and O–H groups in total. The number of nitrogens with zero attached hydrogens (tertiary/aromatic N) is 1. The second-order valence-corrected chi connectivity index (χ2v) is 3.90. The number of anilines is 3. The normalized spacial score (nSPS) is 10.1. The van der Waals surface area contributed by atoms with E-state index in [0.717, 1.165) is 0 Å². The standard InChI is InChI=1S/C13H12FN3O3/c1-20-7-2-3-9(14)10(6-7)17-12-11(15)8(13(18)19)4-5-16-12/h2-6H,15H2,1H3,(H,16,17)(H,18,19). The molecule has 0 saturated carbocycles. The van der Waals surface area contributed by atoms with Gasteiger partial charge in [0.05, 0.1) is 24.0 Å². The van der Waals surface area contributed by atoms with Crippen LogP contribution in [0.3, 0.4) is 0 Å². The number of carboxylic acid groups (broad SMARTS) is 1. The van der Waals surface area contributed by atoms with Crippen molar-refractivity contribution < 1.29 is 19.0 Å². The van der Waals surface area contributed by atoms with Gasteiger partial charge in [0.2, 0.25) is 0 Å². The summed E-state index contributed by atoms with van der Waals surface area (Å²) < 4.78 is 18.7. The van der Waals surface area contributed by atoms with E-state index >= 15 is 0 Å². The second kappa shape index (κ2) is 5.43. The predicted molar refractivity (Wildman–Crippen MR) is 71.8 cm³/mol. The first-order chi connectivity index (χ1) is 9.52. The monoisotopic (exact) mass is 277 g/mol. The zero-order chi connectivity index (χ0) is 14.7. The Kier molecular flexibility index (Phi) is 3.69. The van der Waals surface area contributed by atoms with Crippen molar-refractivity contribution in [2.75, 3.05) is 18.2 Å². The van der Waals surface area contributed by atoms with E-state index in [1.165, 1.54) is 37.6 Å². The van der Waals surface area contributed by atoms with Crippen LogP contribution in [0.25, 0.3) is 0 Å². The topological polar surface area (TPSA) is 97.5 Å². The molecule has 0 bridgehead atoms. The van der Waals surface area contributed by atoms with Gasteiger partial charge in [-0.15, -0.1) is 0 Å². The van der Waals surface area contributed by atoms with Crippen LogP contribution in [0.1, 0.15) is 10.4 Å². The number of halogens is 1. The lowest BCUT2D eigenvalue weighted by molar-refractivity contribution is 0.0698. The Morgan fingerprint density at radius 2 is 2.20 bits per heavy atom. The number of nitrogens with two attached hydrogens (primary N) is 1. The number of methoxy groups -OCH3 is 1. The number of nitrogen functional groups attached to an aromatic ring is 1. The van der Waals surface area contributed by atoms with Crippen LogP contribution in [-0.2, 0) is 0 Å². The molecule has 0 atom stereocenters. The van der Waals surface area contributed by atoms with Gasteiger partial charge < -0.3 is 20.9 Å². The second-order valence-electron chi connectivity index (χ2n) is 3.90. The van der Waals surface area contributed by atoms with Crippen LogP contribution < -0.4 is 15.8 Å². The summed E-state index contributed by atoms with van der Waals surface area (Å²) in [5, 5.41) is 11.6. The summed E-state index contributed by atoms with van der Waals surface area (Å²) >= 11 is 0. The lowest BCUT2D eigenvalue weighted by Crippen LogP contribution is -2.07. The molecule has 7 heteroatoms. The summed E-state index contributed by atoms with van der Waals surface area (Å²) in [6.07, 6.45) is 1.28. The van der Waals surface area contributed by atoms with Crippen LogP contribution in [0.2, 0.25) is 0 Å². The van der Waals surface area contributed by atoms with Crippen molar-refractivity contribution in [3.63, 3.8) is 0 Å². The smallest absolute Gasteiger partial charge is 0.337 e. The number of carbonyl (C=O) groups is 1. The molecule has 0 saturated heterocycles. The van der Waals surface area contributed by atoms with E-state index in [2.05, 4.69) is 10.3 Å². The minimum atomic E-state index is -1.18. The fourth-order valence-corrected chi connectivity index (χ4v) is 1.61. The minimum absolute atomic E-state index is 0.0667. The first-order valence-electron chi connectivity index (χ1n) is 5.61. The maximum Gasteiger partial charge on any atom is 0.337 e. The van der Waals surface area contributed by atoms with Crippen molar-refractivity contribution >= 4 is 23.2 Å². The molecule has 2 rings (SSSR count). The molecule has 0 unspecified atom stereocenters. The number of carboxylic acids is 1. The third-order valence-corrected chi connectivity index (χ3v) is 2.65. The molecule has 0 amide bonds. The number of aromatic carboxylic acids is 1. The SMILES string of the molecule is COc1ccc(F)c(Nc2nccc(C(=O)O)c2N)c1. The average Bonchev–Trinajstić information content (AvgIpc) is 2.43. The van der Waals surface area contributed by atoms with Crippen LogP contribution in [-0.4, -0.2) is 23.2 Å². The molecule has 1 aromatic carbocycles. The van der Waals surface area contributed by atoms with E-state index in [9.17, 15) is 9.18 Å². The van der Waals surface area contributed by atoms with Gasteiger partial charge in [-0.1, -0.05) is 0 Å². The molecule has 0 aliphatic heterocycles.